The summed E-state index contributed by atoms with van der Waals surface area (Å²) in [6.07, 6.45) is 0. The van der Waals surface area contributed by atoms with Crippen molar-refractivity contribution in [1.29, 1.82) is 0 Å². The number of rotatable bonds is 4. The Morgan fingerprint density at radius 3 is 2.53 bits per heavy atom. The van der Waals surface area contributed by atoms with Gasteiger partial charge in [-0.25, -0.2) is 4.39 Å². The van der Waals surface area contributed by atoms with Gasteiger partial charge in [-0.2, -0.15) is 0 Å². The van der Waals surface area contributed by atoms with Crippen molar-refractivity contribution in [2.45, 2.75) is 18.8 Å². The van der Waals surface area contributed by atoms with Gasteiger partial charge in [0.1, 0.15) is 5.82 Å². The molecule has 0 aliphatic heterocycles. The predicted octanol–water partition coefficient (Wildman–Crippen LogP) is 4.67. The van der Waals surface area contributed by atoms with Crippen LogP contribution in [-0.4, -0.2) is 7.05 Å². The second kappa shape index (κ2) is 6.20. The van der Waals surface area contributed by atoms with E-state index in [0.29, 0.717) is 6.54 Å². The summed E-state index contributed by atoms with van der Waals surface area (Å²) in [6.45, 7) is 2.80. The smallest absolute Gasteiger partial charge is 0.123 e. The second-order valence-corrected chi connectivity index (χ2v) is 5.30. The van der Waals surface area contributed by atoms with Gasteiger partial charge in [0, 0.05) is 24.6 Å². The first-order valence-corrected chi connectivity index (χ1v) is 7.33. The van der Waals surface area contributed by atoms with Crippen molar-refractivity contribution in [3.63, 3.8) is 0 Å². The van der Waals surface area contributed by atoms with E-state index in [9.17, 15) is 4.39 Å². The van der Waals surface area contributed by atoms with Crippen LogP contribution in [0.1, 0.15) is 16.7 Å². The molecule has 2 rings (SSSR count). The number of hydrogen-bond acceptors (Lipinski definition) is 1. The Bertz CT molecular complexity index is 568. The third kappa shape index (κ3) is 3.57. The van der Waals surface area contributed by atoms with Crippen molar-refractivity contribution >= 4 is 21.6 Å². The summed E-state index contributed by atoms with van der Waals surface area (Å²) in [5.74, 6) is -0.183. The molecule has 0 spiro atoms. The highest BCUT2D eigenvalue weighted by atomic mass is 79.9. The van der Waals surface area contributed by atoms with Gasteiger partial charge < -0.3 is 4.90 Å². The SMILES string of the molecule is Cc1cc(CBr)ccc1N(C)Cc1cccc(F)c1. The lowest BCUT2D eigenvalue weighted by atomic mass is 10.1. The van der Waals surface area contributed by atoms with Gasteiger partial charge in [-0.05, 0) is 41.8 Å². The van der Waals surface area contributed by atoms with Crippen molar-refractivity contribution in [2.24, 2.45) is 0 Å². The molecule has 0 heterocycles. The molecule has 0 saturated heterocycles. The van der Waals surface area contributed by atoms with E-state index in [0.717, 1.165) is 10.9 Å². The quantitative estimate of drug-likeness (QED) is 0.740. The fourth-order valence-corrected chi connectivity index (χ4v) is 2.57. The van der Waals surface area contributed by atoms with Crippen molar-refractivity contribution in [2.75, 3.05) is 11.9 Å². The molecule has 0 saturated carbocycles. The van der Waals surface area contributed by atoms with Gasteiger partial charge in [0.25, 0.3) is 0 Å². The molecule has 0 bridgehead atoms. The molecule has 100 valence electrons. The van der Waals surface area contributed by atoms with E-state index in [1.165, 1.54) is 22.9 Å². The standard InChI is InChI=1S/C16H17BrFN/c1-12-8-13(10-17)6-7-16(12)19(2)11-14-4-3-5-15(18)9-14/h3-9H,10-11H2,1-2H3. The van der Waals surface area contributed by atoms with Gasteiger partial charge in [0.2, 0.25) is 0 Å². The highest BCUT2D eigenvalue weighted by molar-refractivity contribution is 9.08. The van der Waals surface area contributed by atoms with E-state index in [4.69, 9.17) is 0 Å². The van der Waals surface area contributed by atoms with Gasteiger partial charge in [-0.3, -0.25) is 0 Å². The molecule has 0 aromatic heterocycles. The van der Waals surface area contributed by atoms with Gasteiger partial charge in [-0.15, -0.1) is 0 Å². The zero-order valence-electron chi connectivity index (χ0n) is 11.2. The fraction of sp³-hybridized carbons (Fsp3) is 0.250. The molecular formula is C16H17BrFN. The zero-order valence-corrected chi connectivity index (χ0v) is 12.7. The van der Waals surface area contributed by atoms with Crippen LogP contribution in [0.15, 0.2) is 42.5 Å². The molecular weight excluding hydrogens is 305 g/mol. The van der Waals surface area contributed by atoms with Gasteiger partial charge >= 0.3 is 0 Å². The molecule has 0 radical (unpaired) electrons. The Hall–Kier alpha value is -1.35. The maximum absolute atomic E-state index is 13.2. The van der Waals surface area contributed by atoms with Crippen LogP contribution in [0.25, 0.3) is 0 Å². The molecule has 19 heavy (non-hydrogen) atoms. The molecule has 0 aliphatic rings. The van der Waals surface area contributed by atoms with Crippen LogP contribution in [0.5, 0.6) is 0 Å². The molecule has 2 aromatic rings. The Morgan fingerprint density at radius 1 is 1.11 bits per heavy atom. The maximum Gasteiger partial charge on any atom is 0.123 e. The number of hydrogen-bond donors (Lipinski definition) is 0. The minimum Gasteiger partial charge on any atom is -0.370 e. The molecule has 1 nitrogen and oxygen atoms in total. The van der Waals surface area contributed by atoms with Crippen molar-refractivity contribution < 1.29 is 4.39 Å². The Kier molecular flexibility index (Phi) is 4.59. The molecule has 2 aromatic carbocycles. The van der Waals surface area contributed by atoms with Crippen molar-refractivity contribution in [3.05, 3.63) is 65.0 Å². The lowest BCUT2D eigenvalue weighted by Crippen LogP contribution is -2.17. The number of anilines is 1. The topological polar surface area (TPSA) is 3.24 Å². The Morgan fingerprint density at radius 2 is 1.89 bits per heavy atom. The summed E-state index contributed by atoms with van der Waals surface area (Å²) < 4.78 is 13.2. The van der Waals surface area contributed by atoms with Crippen LogP contribution >= 0.6 is 15.9 Å². The zero-order chi connectivity index (χ0) is 13.8. The largest absolute Gasteiger partial charge is 0.370 e. The molecule has 0 atom stereocenters. The van der Waals surface area contributed by atoms with Gasteiger partial charge in [0.15, 0.2) is 0 Å². The van der Waals surface area contributed by atoms with E-state index >= 15 is 0 Å². The highest BCUT2D eigenvalue weighted by Crippen LogP contribution is 2.23. The number of halogens is 2. The number of aryl methyl sites for hydroxylation is 1. The van der Waals surface area contributed by atoms with Gasteiger partial charge in [-0.1, -0.05) is 40.2 Å². The average molecular weight is 322 g/mol. The number of benzene rings is 2. The number of alkyl halides is 1. The molecule has 3 heteroatoms. The van der Waals surface area contributed by atoms with Crippen LogP contribution in [0, 0.1) is 12.7 Å². The Balaban J connectivity index is 2.18. The van der Waals surface area contributed by atoms with Crippen molar-refractivity contribution in [3.8, 4) is 0 Å². The van der Waals surface area contributed by atoms with Gasteiger partial charge in [0.05, 0.1) is 0 Å². The monoisotopic (exact) mass is 321 g/mol. The van der Waals surface area contributed by atoms with E-state index in [1.54, 1.807) is 12.1 Å². The summed E-state index contributed by atoms with van der Waals surface area (Å²) >= 11 is 3.46. The lowest BCUT2D eigenvalue weighted by molar-refractivity contribution is 0.625. The predicted molar refractivity (Wildman–Crippen MR) is 82.3 cm³/mol. The first kappa shape index (κ1) is 14.1. The summed E-state index contributed by atoms with van der Waals surface area (Å²) in [6, 6.07) is 13.1. The first-order valence-electron chi connectivity index (χ1n) is 6.21. The summed E-state index contributed by atoms with van der Waals surface area (Å²) in [4.78, 5) is 2.14. The van der Waals surface area contributed by atoms with Crippen LogP contribution < -0.4 is 4.90 Å². The normalized spacial score (nSPS) is 10.5. The molecule has 0 amide bonds. The van der Waals surface area contributed by atoms with Crippen molar-refractivity contribution in [1.82, 2.24) is 0 Å². The van der Waals surface area contributed by atoms with E-state index in [-0.39, 0.29) is 5.82 Å². The minimum absolute atomic E-state index is 0.183. The third-order valence-electron chi connectivity index (χ3n) is 3.14. The van der Waals surface area contributed by atoms with Crippen LogP contribution in [0.3, 0.4) is 0 Å². The molecule has 0 aliphatic carbocycles. The van der Waals surface area contributed by atoms with Crippen LogP contribution in [-0.2, 0) is 11.9 Å². The summed E-state index contributed by atoms with van der Waals surface area (Å²) in [7, 11) is 2.03. The second-order valence-electron chi connectivity index (χ2n) is 4.74. The molecule has 0 fully saturated rings. The van der Waals surface area contributed by atoms with Crippen LogP contribution in [0.4, 0.5) is 10.1 Å². The number of nitrogens with zero attached hydrogens (tertiary/aromatic N) is 1. The minimum atomic E-state index is -0.183. The lowest BCUT2D eigenvalue weighted by Gasteiger charge is -2.22. The van der Waals surface area contributed by atoms with E-state index < -0.39 is 0 Å². The summed E-state index contributed by atoms with van der Waals surface area (Å²) in [5, 5.41) is 0.863. The van der Waals surface area contributed by atoms with E-state index in [2.05, 4.69) is 46.0 Å². The average Bonchev–Trinajstić information content (AvgIpc) is 2.38. The fourth-order valence-electron chi connectivity index (χ4n) is 2.22. The van der Waals surface area contributed by atoms with E-state index in [1.807, 2.05) is 13.1 Å². The molecule has 0 unspecified atom stereocenters. The molecule has 0 N–H and O–H groups in total. The third-order valence-corrected chi connectivity index (χ3v) is 3.78. The Labute approximate surface area is 122 Å². The maximum atomic E-state index is 13.2. The van der Waals surface area contributed by atoms with Crippen LogP contribution in [0.2, 0.25) is 0 Å². The first-order chi connectivity index (χ1) is 9.10. The highest BCUT2D eigenvalue weighted by Gasteiger charge is 2.06. The summed E-state index contributed by atoms with van der Waals surface area (Å²) in [5.41, 5.74) is 4.65.